The fourth-order valence-corrected chi connectivity index (χ4v) is 4.62. The van der Waals surface area contributed by atoms with E-state index in [1.54, 1.807) is 7.11 Å². The number of fused-ring (bicyclic) bond motifs is 3. The SMILES string of the molecule is COC1CC(COc2cc3c(cc2Cl)-c2cc(=O)c(C(=O)O)cn2[C@H](C(C)C)C3)C1. The van der Waals surface area contributed by atoms with E-state index in [0.29, 0.717) is 41.5 Å². The van der Waals surface area contributed by atoms with Crippen LogP contribution in [0.1, 0.15) is 48.7 Å². The molecule has 1 atom stereocenters. The minimum absolute atomic E-state index is 0.0364. The van der Waals surface area contributed by atoms with Crippen LogP contribution in [0.4, 0.5) is 0 Å². The molecule has 4 rings (SSSR count). The summed E-state index contributed by atoms with van der Waals surface area (Å²) < 4.78 is 13.3. The van der Waals surface area contributed by atoms with Crippen LogP contribution in [0.25, 0.3) is 11.3 Å². The van der Waals surface area contributed by atoms with Crippen LogP contribution in [-0.2, 0) is 11.2 Å². The lowest BCUT2D eigenvalue weighted by Crippen LogP contribution is -2.34. The monoisotopic (exact) mass is 431 g/mol. The zero-order chi connectivity index (χ0) is 21.6. The van der Waals surface area contributed by atoms with E-state index in [1.165, 1.54) is 12.3 Å². The molecule has 1 saturated carbocycles. The smallest absolute Gasteiger partial charge is 0.341 e. The van der Waals surface area contributed by atoms with Gasteiger partial charge in [0.25, 0.3) is 0 Å². The van der Waals surface area contributed by atoms with Crippen LogP contribution in [-0.4, -0.2) is 35.5 Å². The first-order valence-corrected chi connectivity index (χ1v) is 10.6. The lowest BCUT2D eigenvalue weighted by Gasteiger charge is -2.35. The third-order valence-corrected chi connectivity index (χ3v) is 6.60. The molecular weight excluding hydrogens is 406 g/mol. The molecule has 7 heteroatoms. The average molecular weight is 432 g/mol. The molecule has 2 heterocycles. The molecule has 0 saturated heterocycles. The van der Waals surface area contributed by atoms with Gasteiger partial charge in [0, 0.05) is 31.0 Å². The van der Waals surface area contributed by atoms with Crippen molar-refractivity contribution in [3.8, 4) is 17.0 Å². The summed E-state index contributed by atoms with van der Waals surface area (Å²) in [5.41, 5.74) is 1.88. The Balaban J connectivity index is 1.69. The van der Waals surface area contributed by atoms with Crippen molar-refractivity contribution >= 4 is 17.6 Å². The number of halogens is 1. The van der Waals surface area contributed by atoms with Gasteiger partial charge in [-0.2, -0.15) is 0 Å². The van der Waals surface area contributed by atoms with Crippen LogP contribution >= 0.6 is 11.6 Å². The molecule has 1 aliphatic heterocycles. The summed E-state index contributed by atoms with van der Waals surface area (Å²) >= 11 is 6.52. The number of methoxy groups -OCH3 is 1. The summed E-state index contributed by atoms with van der Waals surface area (Å²) in [5, 5.41) is 9.86. The number of nitrogens with zero attached hydrogens (tertiary/aromatic N) is 1. The number of carboxylic acid groups (broad SMARTS) is 1. The van der Waals surface area contributed by atoms with E-state index in [4.69, 9.17) is 21.1 Å². The predicted octanol–water partition coefficient (Wildman–Crippen LogP) is 4.42. The normalized spacial score (nSPS) is 22.2. The minimum atomic E-state index is -1.21. The van der Waals surface area contributed by atoms with Crippen LogP contribution in [0.2, 0.25) is 5.02 Å². The Morgan fingerprint density at radius 3 is 2.67 bits per heavy atom. The molecule has 0 radical (unpaired) electrons. The van der Waals surface area contributed by atoms with Crippen LogP contribution in [0.3, 0.4) is 0 Å². The Morgan fingerprint density at radius 1 is 1.30 bits per heavy atom. The first kappa shape index (κ1) is 20.9. The molecule has 160 valence electrons. The van der Waals surface area contributed by atoms with Gasteiger partial charge in [0.05, 0.1) is 23.4 Å². The van der Waals surface area contributed by atoms with Gasteiger partial charge >= 0.3 is 5.97 Å². The molecule has 1 aliphatic carbocycles. The lowest BCUT2D eigenvalue weighted by molar-refractivity contribution is -0.0141. The molecule has 0 spiro atoms. The van der Waals surface area contributed by atoms with Crippen molar-refractivity contribution in [2.75, 3.05) is 13.7 Å². The van der Waals surface area contributed by atoms with Crippen LogP contribution < -0.4 is 10.2 Å². The molecule has 0 bridgehead atoms. The summed E-state index contributed by atoms with van der Waals surface area (Å²) in [7, 11) is 1.73. The molecule has 1 aromatic heterocycles. The van der Waals surface area contributed by atoms with E-state index in [0.717, 1.165) is 24.0 Å². The van der Waals surface area contributed by atoms with Crippen molar-refractivity contribution in [1.82, 2.24) is 4.57 Å². The van der Waals surface area contributed by atoms with Gasteiger partial charge in [-0.25, -0.2) is 4.79 Å². The highest BCUT2D eigenvalue weighted by Gasteiger charge is 2.31. The predicted molar refractivity (Wildman–Crippen MR) is 115 cm³/mol. The Kier molecular flexibility index (Phi) is 5.64. The number of ether oxygens (including phenoxy) is 2. The van der Waals surface area contributed by atoms with E-state index in [-0.39, 0.29) is 17.5 Å². The average Bonchev–Trinajstić information content (AvgIpc) is 2.66. The standard InChI is InChI=1S/C23H26ClNO5/c1-12(2)19-6-14-7-22(30-11-13-4-15(5-13)29-3)18(24)8-16(14)20-9-21(26)17(23(27)28)10-25(19)20/h7-10,12-13,15,19H,4-6,11H2,1-3H3,(H,27,28)/t13?,15?,19-/m0/s1. The summed E-state index contributed by atoms with van der Waals surface area (Å²) in [5.74, 6) is 0.162. The Morgan fingerprint density at radius 2 is 2.03 bits per heavy atom. The topological polar surface area (TPSA) is 77.8 Å². The fraction of sp³-hybridized carbons (Fsp3) is 0.478. The number of benzene rings is 1. The van der Waals surface area contributed by atoms with E-state index < -0.39 is 11.4 Å². The fourth-order valence-electron chi connectivity index (χ4n) is 4.41. The largest absolute Gasteiger partial charge is 0.492 e. The molecule has 6 nitrogen and oxygen atoms in total. The second-order valence-electron chi connectivity index (χ2n) is 8.61. The lowest BCUT2D eigenvalue weighted by atomic mass is 9.83. The number of hydrogen-bond donors (Lipinski definition) is 1. The van der Waals surface area contributed by atoms with E-state index in [1.807, 2.05) is 16.7 Å². The molecule has 2 aliphatic rings. The van der Waals surface area contributed by atoms with Crippen molar-refractivity contribution in [2.45, 2.75) is 45.3 Å². The van der Waals surface area contributed by atoms with Crippen LogP contribution in [0.5, 0.6) is 5.75 Å². The second kappa shape index (κ2) is 8.08. The van der Waals surface area contributed by atoms with Crippen molar-refractivity contribution in [2.24, 2.45) is 11.8 Å². The molecule has 1 fully saturated rings. The van der Waals surface area contributed by atoms with Gasteiger partial charge in [-0.05, 0) is 48.8 Å². The maximum absolute atomic E-state index is 12.4. The Bertz CT molecular complexity index is 1040. The number of pyridine rings is 1. The number of carbonyl (C=O) groups is 1. The maximum Gasteiger partial charge on any atom is 0.341 e. The highest BCUT2D eigenvalue weighted by atomic mass is 35.5. The first-order chi connectivity index (χ1) is 14.3. The van der Waals surface area contributed by atoms with Gasteiger partial charge in [0.1, 0.15) is 11.3 Å². The van der Waals surface area contributed by atoms with Gasteiger partial charge in [-0.1, -0.05) is 25.4 Å². The number of aromatic carboxylic acids is 1. The number of carboxylic acids is 1. The van der Waals surface area contributed by atoms with Gasteiger partial charge in [-0.3, -0.25) is 4.79 Å². The van der Waals surface area contributed by atoms with Crippen molar-refractivity contribution < 1.29 is 19.4 Å². The molecule has 1 aromatic carbocycles. The third kappa shape index (κ3) is 3.74. The zero-order valence-electron chi connectivity index (χ0n) is 17.4. The molecule has 0 unspecified atom stereocenters. The highest BCUT2D eigenvalue weighted by Crippen LogP contribution is 2.42. The van der Waals surface area contributed by atoms with Gasteiger partial charge in [0.15, 0.2) is 5.43 Å². The molecule has 2 aromatic rings. The summed E-state index contributed by atoms with van der Waals surface area (Å²) in [4.78, 5) is 23.8. The molecule has 30 heavy (non-hydrogen) atoms. The van der Waals surface area contributed by atoms with Crippen LogP contribution in [0, 0.1) is 11.8 Å². The zero-order valence-corrected chi connectivity index (χ0v) is 18.1. The second-order valence-corrected chi connectivity index (χ2v) is 9.02. The van der Waals surface area contributed by atoms with Gasteiger partial charge in [0.2, 0.25) is 0 Å². The first-order valence-electron chi connectivity index (χ1n) is 10.3. The van der Waals surface area contributed by atoms with E-state index in [9.17, 15) is 14.7 Å². The molecule has 0 amide bonds. The molecule has 1 N–H and O–H groups in total. The quantitative estimate of drug-likeness (QED) is 0.732. The van der Waals surface area contributed by atoms with Crippen molar-refractivity contribution in [3.05, 3.63) is 50.8 Å². The summed E-state index contributed by atoms with van der Waals surface area (Å²) in [6, 6.07) is 5.24. The third-order valence-electron chi connectivity index (χ3n) is 6.30. The number of hydrogen-bond acceptors (Lipinski definition) is 4. The van der Waals surface area contributed by atoms with Gasteiger partial charge < -0.3 is 19.1 Å². The van der Waals surface area contributed by atoms with E-state index in [2.05, 4.69) is 13.8 Å². The van der Waals surface area contributed by atoms with Crippen molar-refractivity contribution in [1.29, 1.82) is 0 Å². The summed E-state index contributed by atoms with van der Waals surface area (Å²) in [6.45, 7) is 4.78. The summed E-state index contributed by atoms with van der Waals surface area (Å²) in [6.07, 6.45) is 4.50. The maximum atomic E-state index is 12.4. The van der Waals surface area contributed by atoms with Crippen molar-refractivity contribution in [3.63, 3.8) is 0 Å². The van der Waals surface area contributed by atoms with Crippen LogP contribution in [0.15, 0.2) is 29.2 Å². The van der Waals surface area contributed by atoms with Gasteiger partial charge in [-0.15, -0.1) is 0 Å². The molecular formula is C23H26ClNO5. The number of rotatable bonds is 6. The highest BCUT2D eigenvalue weighted by molar-refractivity contribution is 6.32. The number of aromatic nitrogens is 1. The minimum Gasteiger partial charge on any atom is -0.492 e. The Hall–Kier alpha value is -2.31. The Labute approximate surface area is 180 Å². The van der Waals surface area contributed by atoms with E-state index >= 15 is 0 Å².